The molecular weight excluding hydrogens is 1380 g/mol. The Kier molecular flexibility index (Phi) is 28.9. The first kappa shape index (κ1) is 78.6. The van der Waals surface area contributed by atoms with E-state index in [9.17, 15) is 52.8 Å². The van der Waals surface area contributed by atoms with Crippen molar-refractivity contribution >= 4 is 76.4 Å². The number of rotatable bonds is 33. The minimum atomic E-state index is -4.87. The fourth-order valence-corrected chi connectivity index (χ4v) is 16.5. The molecule has 536 valence electrons. The number of methoxy groups -OCH3 is 2. The minimum Gasteiger partial charge on any atom is -0.493 e. The summed E-state index contributed by atoms with van der Waals surface area (Å²) in [5.41, 5.74) is 8.03. The zero-order chi connectivity index (χ0) is 73.3. The van der Waals surface area contributed by atoms with E-state index in [1.54, 1.807) is 90.3 Å². The number of anilines is 3. The lowest BCUT2D eigenvalue weighted by Gasteiger charge is -2.27. The Labute approximate surface area is 593 Å². The molecule has 3 N–H and O–H groups in total. The lowest BCUT2D eigenvalue weighted by atomic mass is 10.0. The maximum Gasteiger partial charge on any atom is 0.573 e. The van der Waals surface area contributed by atoms with Crippen molar-refractivity contribution in [1.29, 1.82) is 0 Å². The van der Waals surface area contributed by atoms with Crippen LogP contribution in [0.2, 0.25) is 0 Å². The van der Waals surface area contributed by atoms with Gasteiger partial charge in [-0.25, -0.2) is 39.6 Å². The van der Waals surface area contributed by atoms with Crippen LogP contribution in [-0.2, 0) is 68.6 Å². The number of aromatic carboxylic acids is 3. The standard InChI is InChI=1S/C27H31NO6S.C26H26F3NO5S.C23H25NO4S2/c1-4-5-18-28(35(31,32)23-16-17-25(33-2)26(19-23)34-3)24-9-7-6-8-21(24)13-10-20-11-14-22(15-12-20)27(29)30;1-2-3-18-30(36(33,34)23-16-14-22(15-17-23)35-26(27,28)29)24-7-5-4-6-20(24)11-8-19-9-12-21(13-10-19)25(31)32;1-2-3-16-24(30(27,28)22-9-6-17-29-22)21-8-5-4-7-19(21)13-10-18-11-14-20(15-12-18)23(25)26/h6-9,11-12,14-17,19H,4-5,10,13,18H2,1-3H3,(H,29,30);4-7,9-10,12-17H,2-3,8,11,18H2,1H3,(H,31,32);4-9,11-12,14-15,17H,2-3,10,13,16H2,1H3,(H,25,26). The second-order valence-corrected chi connectivity index (χ2v) is 29.9. The highest BCUT2D eigenvalue weighted by Crippen LogP contribution is 2.36. The van der Waals surface area contributed by atoms with Crippen molar-refractivity contribution in [2.45, 2.75) is 118 Å². The van der Waals surface area contributed by atoms with Gasteiger partial charge in [0.15, 0.2) is 11.5 Å². The zero-order valence-corrected chi connectivity index (χ0v) is 59.9. The number of alkyl halides is 3. The number of carboxylic acid groups (broad SMARTS) is 3. The number of benzene rings is 8. The number of thiophene rings is 1. The molecule has 0 atom stereocenters. The van der Waals surface area contributed by atoms with Gasteiger partial charge in [0.1, 0.15) is 9.96 Å². The number of carboxylic acids is 3. The van der Waals surface area contributed by atoms with Gasteiger partial charge in [0.05, 0.1) is 57.8 Å². The molecule has 0 saturated heterocycles. The molecule has 101 heavy (non-hydrogen) atoms. The molecule has 18 nitrogen and oxygen atoms in total. The quantitative estimate of drug-likeness (QED) is 0.0346. The molecule has 0 bridgehead atoms. The van der Waals surface area contributed by atoms with Crippen molar-refractivity contribution in [3.8, 4) is 17.2 Å². The second-order valence-electron chi connectivity index (χ2n) is 23.2. The Morgan fingerprint density at radius 3 is 1.09 bits per heavy atom. The molecule has 25 heteroatoms. The Morgan fingerprint density at radius 1 is 0.416 bits per heavy atom. The van der Waals surface area contributed by atoms with E-state index in [4.69, 9.17) is 24.8 Å². The second kappa shape index (κ2) is 37.1. The molecule has 0 aliphatic carbocycles. The van der Waals surface area contributed by atoms with Crippen molar-refractivity contribution in [2.24, 2.45) is 0 Å². The van der Waals surface area contributed by atoms with Crippen LogP contribution in [0.4, 0.5) is 30.2 Å². The van der Waals surface area contributed by atoms with Gasteiger partial charge in [-0.1, -0.05) is 137 Å². The van der Waals surface area contributed by atoms with Gasteiger partial charge in [-0.3, -0.25) is 12.9 Å². The molecule has 8 aromatic carbocycles. The third-order valence-corrected chi connectivity index (χ3v) is 23.0. The third-order valence-electron chi connectivity index (χ3n) is 16.2. The normalized spacial score (nSPS) is 11.4. The van der Waals surface area contributed by atoms with Crippen LogP contribution < -0.4 is 27.1 Å². The van der Waals surface area contributed by atoms with E-state index in [0.29, 0.717) is 97.2 Å². The number of sulfonamides is 3. The van der Waals surface area contributed by atoms with Gasteiger partial charge in [-0.05, 0) is 194 Å². The number of ether oxygens (including phenoxy) is 3. The summed E-state index contributed by atoms with van der Waals surface area (Å²) >= 11 is 1.23. The molecule has 0 radical (unpaired) electrons. The summed E-state index contributed by atoms with van der Waals surface area (Å²) in [5.74, 6) is -2.62. The average molecular weight is 1460 g/mol. The first-order valence-electron chi connectivity index (χ1n) is 32.7. The summed E-state index contributed by atoms with van der Waals surface area (Å²) in [6.07, 6.45) is 3.33. The number of hydrogen-bond acceptors (Lipinski definition) is 13. The molecule has 1 aromatic heterocycles. The Balaban J connectivity index is 0.000000213. The summed E-state index contributed by atoms with van der Waals surface area (Å²) in [7, 11) is -8.59. The number of unbranched alkanes of at least 4 members (excludes halogenated alkanes) is 3. The van der Waals surface area contributed by atoms with Crippen molar-refractivity contribution < 1.29 is 82.3 Å². The molecule has 9 aromatic rings. The lowest BCUT2D eigenvalue weighted by molar-refractivity contribution is -0.274. The molecule has 1 heterocycles. The molecule has 0 aliphatic heterocycles. The number of nitrogens with zero attached hydrogens (tertiary/aromatic N) is 3. The van der Waals surface area contributed by atoms with E-state index in [1.165, 1.54) is 62.7 Å². The van der Waals surface area contributed by atoms with Crippen LogP contribution in [0.3, 0.4) is 0 Å². The van der Waals surface area contributed by atoms with E-state index < -0.39 is 60.1 Å². The predicted molar refractivity (Wildman–Crippen MR) is 387 cm³/mol. The average Bonchev–Trinajstić information content (AvgIpc) is 0.836. The van der Waals surface area contributed by atoms with Crippen LogP contribution in [0.1, 0.15) is 124 Å². The zero-order valence-electron chi connectivity index (χ0n) is 56.6. The van der Waals surface area contributed by atoms with Gasteiger partial charge in [-0.15, -0.1) is 24.5 Å². The monoisotopic (exact) mass is 1460 g/mol. The molecular formula is C76H82F3N3O15S4. The van der Waals surface area contributed by atoms with E-state index in [-0.39, 0.29) is 33.0 Å². The highest BCUT2D eigenvalue weighted by atomic mass is 32.2. The first-order valence-corrected chi connectivity index (χ1v) is 37.9. The fraction of sp³-hybridized carbons (Fsp3) is 0.276. The van der Waals surface area contributed by atoms with Crippen LogP contribution in [0.15, 0.2) is 220 Å². The van der Waals surface area contributed by atoms with E-state index >= 15 is 0 Å². The highest BCUT2D eigenvalue weighted by molar-refractivity contribution is 7.94. The van der Waals surface area contributed by atoms with Crippen molar-refractivity contribution in [3.63, 3.8) is 0 Å². The molecule has 0 amide bonds. The van der Waals surface area contributed by atoms with Crippen LogP contribution in [0.25, 0.3) is 0 Å². The molecule has 9 rings (SSSR count). The van der Waals surface area contributed by atoms with Gasteiger partial charge in [0, 0.05) is 25.7 Å². The number of hydrogen-bond donors (Lipinski definition) is 3. The maximum atomic E-state index is 13.8. The van der Waals surface area contributed by atoms with Crippen LogP contribution in [-0.4, -0.2) is 98.7 Å². The topological polar surface area (TPSA) is 252 Å². The number of halogens is 3. The number of aryl methyl sites for hydroxylation is 6. The van der Waals surface area contributed by atoms with Gasteiger partial charge < -0.3 is 29.5 Å². The van der Waals surface area contributed by atoms with Crippen LogP contribution in [0.5, 0.6) is 17.2 Å². The summed E-state index contributed by atoms with van der Waals surface area (Å²) in [6.45, 7) is 6.97. The van der Waals surface area contributed by atoms with Crippen molar-refractivity contribution in [3.05, 3.63) is 256 Å². The van der Waals surface area contributed by atoms with Gasteiger partial charge in [0.2, 0.25) is 0 Å². The first-order chi connectivity index (χ1) is 48.2. The molecule has 0 spiro atoms. The van der Waals surface area contributed by atoms with Crippen LogP contribution in [0, 0.1) is 0 Å². The lowest BCUT2D eigenvalue weighted by Crippen LogP contribution is -2.33. The Hall–Kier alpha value is -9.69. The van der Waals surface area contributed by atoms with E-state index in [1.807, 2.05) is 87.5 Å². The summed E-state index contributed by atoms with van der Waals surface area (Å²) in [6, 6.07) is 54.4. The maximum absolute atomic E-state index is 13.8. The summed E-state index contributed by atoms with van der Waals surface area (Å²) in [4.78, 5) is 33.2. The molecule has 0 unspecified atom stereocenters. The van der Waals surface area contributed by atoms with Crippen molar-refractivity contribution in [2.75, 3.05) is 46.8 Å². The van der Waals surface area contributed by atoms with E-state index in [2.05, 4.69) is 4.74 Å². The Bertz CT molecular complexity index is 4520. The molecule has 0 fully saturated rings. The molecule has 0 saturated carbocycles. The largest absolute Gasteiger partial charge is 0.573 e. The highest BCUT2D eigenvalue weighted by Gasteiger charge is 2.33. The van der Waals surface area contributed by atoms with Gasteiger partial charge >= 0.3 is 24.3 Å². The number of carbonyl (C=O) groups is 3. The minimum absolute atomic E-state index is 0.130. The number of para-hydroxylation sites is 3. The van der Waals surface area contributed by atoms with E-state index in [0.717, 1.165) is 83.3 Å². The fourth-order valence-electron chi connectivity index (χ4n) is 10.8. The Morgan fingerprint density at radius 2 is 0.762 bits per heavy atom. The SMILES string of the molecule is CCCCN(c1ccccc1CCc1ccc(C(=O)O)cc1)S(=O)(=O)c1ccc(OC(F)(F)F)cc1.CCCCN(c1ccccc1CCc1ccc(C(=O)O)cc1)S(=O)(=O)c1ccc(OC)c(OC)c1.CCCCN(c1ccccc1CCc1ccc(C(=O)O)cc1)S(=O)(=O)c1cccs1. The smallest absolute Gasteiger partial charge is 0.493 e. The van der Waals surface area contributed by atoms with Crippen molar-refractivity contribution in [1.82, 2.24) is 0 Å². The summed E-state index contributed by atoms with van der Waals surface area (Å²) < 4.78 is 138. The molecule has 0 aliphatic rings. The van der Waals surface area contributed by atoms with Crippen LogP contribution >= 0.6 is 11.3 Å². The summed E-state index contributed by atoms with van der Waals surface area (Å²) in [5, 5.41) is 29.0. The van der Waals surface area contributed by atoms with Gasteiger partial charge in [-0.2, -0.15) is 0 Å². The third kappa shape index (κ3) is 21.9. The van der Waals surface area contributed by atoms with Gasteiger partial charge in [0.25, 0.3) is 30.1 Å². The predicted octanol–water partition coefficient (Wildman–Crippen LogP) is 16.5.